The van der Waals surface area contributed by atoms with Gasteiger partial charge in [0.2, 0.25) is 5.89 Å². The van der Waals surface area contributed by atoms with E-state index in [-0.39, 0.29) is 0 Å². The number of oxazole rings is 1. The van der Waals surface area contributed by atoms with E-state index in [0.29, 0.717) is 11.7 Å². The van der Waals surface area contributed by atoms with Gasteiger partial charge in [0.25, 0.3) is 0 Å². The van der Waals surface area contributed by atoms with E-state index in [0.717, 1.165) is 4.88 Å². The molecular formula is C11H11NO3S. The summed E-state index contributed by atoms with van der Waals surface area (Å²) in [5.41, 5.74) is -1.05. The topological polar surface area (TPSA) is 63.3 Å². The van der Waals surface area contributed by atoms with Gasteiger partial charge in [-0.1, -0.05) is 6.07 Å². The molecule has 16 heavy (non-hydrogen) atoms. The predicted molar refractivity (Wildman–Crippen MR) is 60.5 cm³/mol. The summed E-state index contributed by atoms with van der Waals surface area (Å²) in [7, 11) is 0. The lowest BCUT2D eigenvalue weighted by Gasteiger charge is -2.14. The smallest absolute Gasteiger partial charge is 0.316 e. The molecule has 0 saturated carbocycles. The molecule has 2 heterocycles. The predicted octanol–water partition coefficient (Wildman–Crippen LogP) is 2.77. The molecule has 2 aromatic heterocycles. The van der Waals surface area contributed by atoms with Crippen molar-refractivity contribution in [2.24, 2.45) is 0 Å². The maximum absolute atomic E-state index is 11.0. The van der Waals surface area contributed by atoms with Crippen LogP contribution in [-0.2, 0) is 10.2 Å². The van der Waals surface area contributed by atoms with E-state index in [1.54, 1.807) is 13.8 Å². The number of hydrogen-bond donors (Lipinski definition) is 1. The molecule has 0 spiro atoms. The van der Waals surface area contributed by atoms with Gasteiger partial charge in [0.1, 0.15) is 11.2 Å². The van der Waals surface area contributed by atoms with Crippen molar-refractivity contribution >= 4 is 17.3 Å². The second kappa shape index (κ2) is 3.75. The maximum Gasteiger partial charge on any atom is 0.316 e. The molecule has 0 amide bonds. The lowest BCUT2D eigenvalue weighted by molar-refractivity contribution is -0.143. The zero-order valence-corrected chi connectivity index (χ0v) is 9.75. The first-order valence-electron chi connectivity index (χ1n) is 4.75. The largest absolute Gasteiger partial charge is 0.481 e. The monoisotopic (exact) mass is 237 g/mol. The quantitative estimate of drug-likeness (QED) is 0.891. The van der Waals surface area contributed by atoms with Crippen LogP contribution in [0.1, 0.15) is 19.6 Å². The summed E-state index contributed by atoms with van der Waals surface area (Å²) in [6.45, 7) is 3.18. The fourth-order valence-corrected chi connectivity index (χ4v) is 1.84. The average Bonchev–Trinajstić information content (AvgIpc) is 2.88. The van der Waals surface area contributed by atoms with Crippen molar-refractivity contribution in [3.8, 4) is 10.8 Å². The third-order valence-corrected chi connectivity index (χ3v) is 3.25. The number of aromatic nitrogens is 1. The highest BCUT2D eigenvalue weighted by molar-refractivity contribution is 7.13. The highest BCUT2D eigenvalue weighted by Crippen LogP contribution is 2.29. The molecule has 0 aromatic carbocycles. The van der Waals surface area contributed by atoms with Crippen LogP contribution in [0.2, 0.25) is 0 Å². The number of rotatable bonds is 3. The van der Waals surface area contributed by atoms with Gasteiger partial charge in [-0.3, -0.25) is 4.79 Å². The Hall–Kier alpha value is -1.62. The Morgan fingerprint density at radius 1 is 1.56 bits per heavy atom. The Morgan fingerprint density at radius 3 is 2.88 bits per heavy atom. The second-order valence-corrected chi connectivity index (χ2v) is 4.88. The zero-order valence-electron chi connectivity index (χ0n) is 8.93. The van der Waals surface area contributed by atoms with Gasteiger partial charge < -0.3 is 9.52 Å². The summed E-state index contributed by atoms with van der Waals surface area (Å²) < 4.78 is 5.47. The maximum atomic E-state index is 11.0. The minimum absolute atomic E-state index is 0.364. The van der Waals surface area contributed by atoms with Crippen molar-refractivity contribution in [3.05, 3.63) is 29.5 Å². The fraction of sp³-hybridized carbons (Fsp3) is 0.273. The van der Waals surface area contributed by atoms with Crippen LogP contribution < -0.4 is 0 Å². The van der Waals surface area contributed by atoms with Crippen LogP contribution in [0.15, 0.2) is 28.1 Å². The first kappa shape index (κ1) is 10.9. The fourth-order valence-electron chi connectivity index (χ4n) is 1.18. The molecule has 0 atom stereocenters. The number of nitrogens with zero attached hydrogens (tertiary/aromatic N) is 1. The molecule has 0 radical (unpaired) electrons. The molecule has 0 aliphatic heterocycles. The molecule has 0 saturated heterocycles. The van der Waals surface area contributed by atoms with Crippen molar-refractivity contribution in [2.75, 3.05) is 0 Å². The standard InChI is InChI=1S/C11H11NO3S/c1-11(2,10(13)14)8-6-12-9(15-8)7-4-3-5-16-7/h3-6H,1-2H3,(H,13,14). The molecule has 84 valence electrons. The molecule has 0 unspecified atom stereocenters. The Kier molecular flexibility index (Phi) is 2.55. The van der Waals surface area contributed by atoms with Crippen LogP contribution >= 0.6 is 11.3 Å². The molecule has 0 aliphatic carbocycles. The summed E-state index contributed by atoms with van der Waals surface area (Å²) in [4.78, 5) is 16.0. The summed E-state index contributed by atoms with van der Waals surface area (Å²) >= 11 is 1.50. The molecule has 1 N–H and O–H groups in total. The third kappa shape index (κ3) is 1.74. The Balaban J connectivity index is 2.37. The number of aliphatic carboxylic acids is 1. The summed E-state index contributed by atoms with van der Waals surface area (Å²) in [6.07, 6.45) is 1.48. The number of carbonyl (C=O) groups is 1. The highest BCUT2D eigenvalue weighted by atomic mass is 32.1. The van der Waals surface area contributed by atoms with Crippen LogP contribution in [0.5, 0.6) is 0 Å². The number of hydrogen-bond acceptors (Lipinski definition) is 4. The van der Waals surface area contributed by atoms with Gasteiger partial charge in [0.05, 0.1) is 11.1 Å². The van der Waals surface area contributed by atoms with Crippen LogP contribution in [0, 0.1) is 0 Å². The van der Waals surface area contributed by atoms with Gasteiger partial charge in [0, 0.05) is 0 Å². The van der Waals surface area contributed by atoms with E-state index in [1.807, 2.05) is 17.5 Å². The van der Waals surface area contributed by atoms with Crippen LogP contribution in [0.3, 0.4) is 0 Å². The van der Waals surface area contributed by atoms with Gasteiger partial charge >= 0.3 is 5.97 Å². The van der Waals surface area contributed by atoms with Crippen LogP contribution in [-0.4, -0.2) is 16.1 Å². The summed E-state index contributed by atoms with van der Waals surface area (Å²) in [5, 5.41) is 11.0. The minimum Gasteiger partial charge on any atom is -0.481 e. The molecule has 2 rings (SSSR count). The van der Waals surface area contributed by atoms with Crippen LogP contribution in [0.25, 0.3) is 10.8 Å². The number of thiophene rings is 1. The summed E-state index contributed by atoms with van der Waals surface area (Å²) in [6, 6.07) is 3.78. The van der Waals surface area contributed by atoms with E-state index < -0.39 is 11.4 Å². The third-order valence-electron chi connectivity index (χ3n) is 2.39. The Bertz CT molecular complexity index is 499. The lowest BCUT2D eigenvalue weighted by atomic mass is 9.91. The van der Waals surface area contributed by atoms with Gasteiger partial charge in [-0.15, -0.1) is 11.3 Å². The van der Waals surface area contributed by atoms with Crippen molar-refractivity contribution in [1.82, 2.24) is 4.98 Å². The van der Waals surface area contributed by atoms with Crippen molar-refractivity contribution < 1.29 is 14.3 Å². The Morgan fingerprint density at radius 2 is 2.31 bits per heavy atom. The molecule has 5 heteroatoms. The first-order valence-corrected chi connectivity index (χ1v) is 5.63. The van der Waals surface area contributed by atoms with E-state index in [1.165, 1.54) is 17.5 Å². The molecule has 2 aromatic rings. The van der Waals surface area contributed by atoms with Gasteiger partial charge in [-0.2, -0.15) is 0 Å². The van der Waals surface area contributed by atoms with E-state index in [9.17, 15) is 4.79 Å². The molecule has 0 fully saturated rings. The molecule has 4 nitrogen and oxygen atoms in total. The minimum atomic E-state index is -1.05. The SMILES string of the molecule is CC(C)(C(=O)O)c1cnc(-c2cccs2)o1. The van der Waals surface area contributed by atoms with Crippen LogP contribution in [0.4, 0.5) is 0 Å². The molecule has 0 bridgehead atoms. The van der Waals surface area contributed by atoms with E-state index in [2.05, 4.69) is 4.98 Å². The van der Waals surface area contributed by atoms with E-state index in [4.69, 9.17) is 9.52 Å². The highest BCUT2D eigenvalue weighted by Gasteiger charge is 2.33. The normalized spacial score (nSPS) is 11.6. The number of carboxylic acid groups (broad SMARTS) is 1. The average molecular weight is 237 g/mol. The summed E-state index contributed by atoms with van der Waals surface area (Å²) in [5.74, 6) is -0.0934. The van der Waals surface area contributed by atoms with E-state index >= 15 is 0 Å². The van der Waals surface area contributed by atoms with Crippen molar-refractivity contribution in [1.29, 1.82) is 0 Å². The lowest BCUT2D eigenvalue weighted by Crippen LogP contribution is -2.27. The molecule has 0 aliphatic rings. The Labute approximate surface area is 96.6 Å². The second-order valence-electron chi connectivity index (χ2n) is 3.94. The van der Waals surface area contributed by atoms with Gasteiger partial charge in [-0.25, -0.2) is 4.98 Å². The van der Waals surface area contributed by atoms with Crippen molar-refractivity contribution in [2.45, 2.75) is 19.3 Å². The van der Waals surface area contributed by atoms with Gasteiger partial charge in [0.15, 0.2) is 0 Å². The zero-order chi connectivity index (χ0) is 11.8. The van der Waals surface area contributed by atoms with Gasteiger partial charge in [-0.05, 0) is 25.3 Å². The number of carboxylic acids is 1. The first-order chi connectivity index (χ1) is 7.51. The van der Waals surface area contributed by atoms with Crippen molar-refractivity contribution in [3.63, 3.8) is 0 Å². The molecular weight excluding hydrogens is 226 g/mol.